The topological polar surface area (TPSA) is 49.3 Å². The minimum Gasteiger partial charge on any atom is -0.356 e. The summed E-state index contributed by atoms with van der Waals surface area (Å²) in [5.74, 6) is 1.67. The molecule has 1 saturated carbocycles. The van der Waals surface area contributed by atoms with Gasteiger partial charge in [0.2, 0.25) is 0 Å². The van der Waals surface area contributed by atoms with E-state index in [-0.39, 0.29) is 0 Å². The van der Waals surface area contributed by atoms with E-state index >= 15 is 0 Å². The van der Waals surface area contributed by atoms with E-state index in [1.807, 2.05) is 7.05 Å². The van der Waals surface area contributed by atoms with Gasteiger partial charge in [-0.05, 0) is 44.4 Å². The molecule has 1 aliphatic rings. The first-order chi connectivity index (χ1) is 10.4. The molecule has 0 aliphatic heterocycles. The van der Waals surface area contributed by atoms with E-state index in [0.717, 1.165) is 35.7 Å². The molecule has 124 valence electrons. The molecular formula is C17H30N4S. The Balaban J connectivity index is 1.83. The predicted molar refractivity (Wildman–Crippen MR) is 95.5 cm³/mol. The van der Waals surface area contributed by atoms with E-state index in [0.29, 0.717) is 5.41 Å². The zero-order valence-electron chi connectivity index (χ0n) is 14.6. The highest BCUT2D eigenvalue weighted by Crippen LogP contribution is 2.45. The summed E-state index contributed by atoms with van der Waals surface area (Å²) in [6.45, 7) is 10.6. The SMILES string of the molecule is CN=C(NCc1sc(C)nc1C)NCC1(CC(C)C)CCC1. The summed E-state index contributed by atoms with van der Waals surface area (Å²) in [5.41, 5.74) is 1.61. The van der Waals surface area contributed by atoms with E-state index in [1.165, 1.54) is 30.6 Å². The molecular weight excluding hydrogens is 292 g/mol. The van der Waals surface area contributed by atoms with E-state index in [2.05, 4.69) is 48.3 Å². The van der Waals surface area contributed by atoms with Crippen molar-refractivity contribution in [1.29, 1.82) is 0 Å². The Hall–Kier alpha value is -1.10. The summed E-state index contributed by atoms with van der Waals surface area (Å²) in [6, 6.07) is 0. The molecule has 1 aromatic rings. The van der Waals surface area contributed by atoms with Crippen molar-refractivity contribution >= 4 is 17.3 Å². The van der Waals surface area contributed by atoms with Gasteiger partial charge in [-0.15, -0.1) is 11.3 Å². The number of thiazole rings is 1. The van der Waals surface area contributed by atoms with Crippen LogP contribution in [0.15, 0.2) is 4.99 Å². The van der Waals surface area contributed by atoms with Crippen molar-refractivity contribution in [3.8, 4) is 0 Å². The molecule has 0 amide bonds. The predicted octanol–water partition coefficient (Wildman–Crippen LogP) is 3.64. The molecule has 0 spiro atoms. The Bertz CT molecular complexity index is 515. The smallest absolute Gasteiger partial charge is 0.191 e. The molecule has 1 aromatic heterocycles. The summed E-state index contributed by atoms with van der Waals surface area (Å²) in [6.07, 6.45) is 5.38. The van der Waals surface area contributed by atoms with Crippen LogP contribution in [0, 0.1) is 25.2 Å². The summed E-state index contributed by atoms with van der Waals surface area (Å²) < 4.78 is 0. The molecule has 22 heavy (non-hydrogen) atoms. The van der Waals surface area contributed by atoms with Gasteiger partial charge in [0, 0.05) is 18.5 Å². The fourth-order valence-electron chi connectivity index (χ4n) is 3.39. The van der Waals surface area contributed by atoms with E-state index < -0.39 is 0 Å². The Kier molecular flexibility index (Phi) is 5.84. The molecule has 1 heterocycles. The third-order valence-electron chi connectivity index (χ3n) is 4.53. The van der Waals surface area contributed by atoms with E-state index in [4.69, 9.17) is 0 Å². The van der Waals surface area contributed by atoms with Gasteiger partial charge >= 0.3 is 0 Å². The standard InChI is InChI=1S/C17H30N4S/c1-12(2)9-17(7-6-8-17)11-20-16(18-5)19-10-15-13(3)21-14(4)22-15/h12H,6-11H2,1-5H3,(H2,18,19,20). The van der Waals surface area contributed by atoms with Crippen LogP contribution in [-0.4, -0.2) is 24.5 Å². The zero-order chi connectivity index (χ0) is 16.2. The van der Waals surface area contributed by atoms with Gasteiger partial charge in [-0.3, -0.25) is 4.99 Å². The van der Waals surface area contributed by atoms with Crippen molar-refractivity contribution < 1.29 is 0 Å². The number of aryl methyl sites for hydroxylation is 2. The summed E-state index contributed by atoms with van der Waals surface area (Å²) in [4.78, 5) is 10.1. The second-order valence-electron chi connectivity index (χ2n) is 6.97. The average Bonchev–Trinajstić information content (AvgIpc) is 2.73. The second kappa shape index (κ2) is 7.44. The molecule has 2 N–H and O–H groups in total. The number of nitrogens with zero attached hydrogens (tertiary/aromatic N) is 2. The van der Waals surface area contributed by atoms with Gasteiger partial charge < -0.3 is 10.6 Å². The van der Waals surface area contributed by atoms with E-state index in [1.54, 1.807) is 11.3 Å². The van der Waals surface area contributed by atoms with Crippen LogP contribution in [0.4, 0.5) is 0 Å². The van der Waals surface area contributed by atoms with Crippen LogP contribution in [0.3, 0.4) is 0 Å². The number of nitrogens with one attached hydrogen (secondary N) is 2. The van der Waals surface area contributed by atoms with E-state index in [9.17, 15) is 0 Å². The number of aliphatic imine (C=N–C) groups is 1. The van der Waals surface area contributed by atoms with Crippen LogP contribution in [0.25, 0.3) is 0 Å². The summed E-state index contributed by atoms with van der Waals surface area (Å²) in [7, 11) is 1.84. The van der Waals surface area contributed by atoms with Gasteiger partial charge in [0.05, 0.1) is 17.2 Å². The lowest BCUT2D eigenvalue weighted by Gasteiger charge is -2.43. The third kappa shape index (κ3) is 4.45. The van der Waals surface area contributed by atoms with Gasteiger partial charge in [-0.25, -0.2) is 4.98 Å². The minimum atomic E-state index is 0.489. The molecule has 0 aromatic carbocycles. The first-order valence-electron chi connectivity index (χ1n) is 8.31. The van der Waals surface area contributed by atoms with Crippen molar-refractivity contribution in [2.45, 2.75) is 59.9 Å². The number of aromatic nitrogens is 1. The highest BCUT2D eigenvalue weighted by molar-refractivity contribution is 7.11. The van der Waals surface area contributed by atoms with Gasteiger partial charge in [0.15, 0.2) is 5.96 Å². The van der Waals surface area contributed by atoms with Crippen molar-refractivity contribution in [1.82, 2.24) is 15.6 Å². The lowest BCUT2D eigenvalue weighted by atomic mass is 9.64. The molecule has 4 nitrogen and oxygen atoms in total. The molecule has 0 unspecified atom stereocenters. The van der Waals surface area contributed by atoms with Crippen LogP contribution in [0.2, 0.25) is 0 Å². The fourth-order valence-corrected chi connectivity index (χ4v) is 4.27. The number of rotatable bonds is 6. The Morgan fingerprint density at radius 2 is 2.05 bits per heavy atom. The largest absolute Gasteiger partial charge is 0.356 e. The quantitative estimate of drug-likeness (QED) is 0.621. The molecule has 0 saturated heterocycles. The second-order valence-corrected chi connectivity index (χ2v) is 8.26. The highest BCUT2D eigenvalue weighted by atomic mass is 32.1. The van der Waals surface area contributed by atoms with Crippen LogP contribution >= 0.6 is 11.3 Å². The van der Waals surface area contributed by atoms with Crippen molar-refractivity contribution in [3.63, 3.8) is 0 Å². The Morgan fingerprint density at radius 3 is 2.50 bits per heavy atom. The van der Waals surface area contributed by atoms with Crippen LogP contribution in [0.1, 0.15) is 55.1 Å². The molecule has 2 rings (SSSR count). The van der Waals surface area contributed by atoms with Crippen molar-refractivity contribution in [2.24, 2.45) is 16.3 Å². The number of guanidine groups is 1. The van der Waals surface area contributed by atoms with Crippen LogP contribution in [-0.2, 0) is 6.54 Å². The maximum Gasteiger partial charge on any atom is 0.191 e. The number of hydrogen-bond acceptors (Lipinski definition) is 3. The third-order valence-corrected chi connectivity index (χ3v) is 5.60. The number of hydrogen-bond donors (Lipinski definition) is 2. The van der Waals surface area contributed by atoms with Gasteiger partial charge in [-0.2, -0.15) is 0 Å². The summed E-state index contributed by atoms with van der Waals surface area (Å²) >= 11 is 1.76. The molecule has 5 heteroatoms. The maximum atomic E-state index is 4.47. The highest BCUT2D eigenvalue weighted by Gasteiger charge is 2.37. The average molecular weight is 323 g/mol. The van der Waals surface area contributed by atoms with Gasteiger partial charge in [0.25, 0.3) is 0 Å². The first-order valence-corrected chi connectivity index (χ1v) is 9.13. The maximum absolute atomic E-state index is 4.47. The molecule has 0 bridgehead atoms. The fraction of sp³-hybridized carbons (Fsp3) is 0.765. The zero-order valence-corrected chi connectivity index (χ0v) is 15.4. The Morgan fingerprint density at radius 1 is 1.32 bits per heavy atom. The molecule has 0 atom stereocenters. The van der Waals surface area contributed by atoms with Crippen LogP contribution < -0.4 is 10.6 Å². The molecule has 1 aliphatic carbocycles. The Labute approximate surface area is 138 Å². The lowest BCUT2D eigenvalue weighted by Crippen LogP contribution is -2.46. The first kappa shape index (κ1) is 17.3. The van der Waals surface area contributed by atoms with Crippen molar-refractivity contribution in [2.75, 3.05) is 13.6 Å². The molecule has 0 radical (unpaired) electrons. The van der Waals surface area contributed by atoms with Crippen molar-refractivity contribution in [3.05, 3.63) is 15.6 Å². The van der Waals surface area contributed by atoms with Crippen LogP contribution in [0.5, 0.6) is 0 Å². The normalized spacial score (nSPS) is 17.5. The minimum absolute atomic E-state index is 0.489. The lowest BCUT2D eigenvalue weighted by molar-refractivity contribution is 0.104. The molecule has 1 fully saturated rings. The van der Waals surface area contributed by atoms with Gasteiger partial charge in [-0.1, -0.05) is 20.3 Å². The van der Waals surface area contributed by atoms with Gasteiger partial charge in [0.1, 0.15) is 0 Å². The monoisotopic (exact) mass is 322 g/mol. The summed E-state index contributed by atoms with van der Waals surface area (Å²) in [5, 5.41) is 8.09.